The van der Waals surface area contributed by atoms with Gasteiger partial charge in [0, 0.05) is 24.7 Å². The van der Waals surface area contributed by atoms with Gasteiger partial charge in [-0.05, 0) is 55.7 Å². The number of ether oxygens (including phenoxy) is 1. The van der Waals surface area contributed by atoms with Crippen LogP contribution >= 0.6 is 0 Å². The second-order valence-electron chi connectivity index (χ2n) is 6.98. The molecule has 24 heavy (non-hydrogen) atoms. The number of hydrogen-bond donors (Lipinski definition) is 1. The molecule has 0 atom stereocenters. The molecular weight excluding hydrogens is 309 g/mol. The van der Waals surface area contributed by atoms with E-state index in [-0.39, 0.29) is 11.8 Å². The lowest BCUT2D eigenvalue weighted by Crippen LogP contribution is -2.33. The second-order valence-corrected chi connectivity index (χ2v) is 6.98. The van der Waals surface area contributed by atoms with Gasteiger partial charge in [-0.1, -0.05) is 12.1 Å². The van der Waals surface area contributed by atoms with Crippen molar-refractivity contribution in [2.24, 2.45) is 0 Å². The summed E-state index contributed by atoms with van der Waals surface area (Å²) in [6.45, 7) is 6.47. The highest BCUT2D eigenvalue weighted by Gasteiger charge is 2.28. The number of phenols is 1. The predicted octanol–water partition coefficient (Wildman–Crippen LogP) is 4.45. The lowest BCUT2D eigenvalue weighted by atomic mass is 10.00. The molecule has 3 rings (SSSR count). The van der Waals surface area contributed by atoms with Crippen LogP contribution < -0.4 is 0 Å². The molecule has 1 heterocycles. The number of aromatic hydroxyl groups is 1. The molecule has 1 aliphatic heterocycles. The smallest absolute Gasteiger partial charge is 0.410 e. The average molecular weight is 329 g/mol. The molecule has 2 aromatic carbocycles. The van der Waals surface area contributed by atoms with Crippen LogP contribution in [0.1, 0.15) is 31.9 Å². The van der Waals surface area contributed by atoms with E-state index in [4.69, 9.17) is 4.74 Å². The number of halogens is 1. The van der Waals surface area contributed by atoms with Gasteiger partial charge in [0.1, 0.15) is 17.2 Å². The fourth-order valence-electron chi connectivity index (χ4n) is 2.77. The normalized spacial score (nSPS) is 13.8. The Morgan fingerprint density at radius 1 is 1.12 bits per heavy atom. The van der Waals surface area contributed by atoms with E-state index in [1.807, 2.05) is 39.0 Å². The molecule has 0 saturated heterocycles. The van der Waals surface area contributed by atoms with Gasteiger partial charge in [0.25, 0.3) is 0 Å². The standard InChI is InChI=1S/C19H20FNO3/c1-19(2,3)24-18(23)21-10-13-5-4-12(8-14(13)11-21)16-7-6-15(20)9-17(16)22/h4-9,22H,10-11H2,1-3H3. The third-order valence-electron chi connectivity index (χ3n) is 3.85. The van der Waals surface area contributed by atoms with E-state index in [0.29, 0.717) is 18.7 Å². The zero-order chi connectivity index (χ0) is 17.5. The van der Waals surface area contributed by atoms with Crippen molar-refractivity contribution >= 4 is 6.09 Å². The summed E-state index contributed by atoms with van der Waals surface area (Å²) in [5.74, 6) is -0.578. The molecule has 0 fully saturated rings. The van der Waals surface area contributed by atoms with Crippen molar-refractivity contribution < 1.29 is 19.0 Å². The van der Waals surface area contributed by atoms with Crippen LogP contribution in [0, 0.1) is 5.82 Å². The maximum atomic E-state index is 13.1. The van der Waals surface area contributed by atoms with E-state index in [1.54, 1.807) is 11.0 Å². The van der Waals surface area contributed by atoms with Crippen LogP contribution in [0.5, 0.6) is 5.75 Å². The number of carbonyl (C=O) groups excluding carboxylic acids is 1. The van der Waals surface area contributed by atoms with Gasteiger partial charge in [-0.2, -0.15) is 0 Å². The maximum absolute atomic E-state index is 13.1. The minimum Gasteiger partial charge on any atom is -0.507 e. The Balaban J connectivity index is 1.83. The van der Waals surface area contributed by atoms with Gasteiger partial charge in [0.2, 0.25) is 0 Å². The first-order valence-electron chi connectivity index (χ1n) is 7.81. The van der Waals surface area contributed by atoms with Gasteiger partial charge in [-0.25, -0.2) is 9.18 Å². The molecule has 0 radical (unpaired) electrons. The summed E-state index contributed by atoms with van der Waals surface area (Å²) in [4.78, 5) is 13.8. The number of fused-ring (bicyclic) bond motifs is 1. The Morgan fingerprint density at radius 3 is 2.50 bits per heavy atom. The summed E-state index contributed by atoms with van der Waals surface area (Å²) < 4.78 is 18.5. The lowest BCUT2D eigenvalue weighted by molar-refractivity contribution is 0.0242. The molecule has 4 nitrogen and oxygen atoms in total. The highest BCUT2D eigenvalue weighted by atomic mass is 19.1. The summed E-state index contributed by atoms with van der Waals surface area (Å²) in [5, 5.41) is 9.94. The van der Waals surface area contributed by atoms with Crippen LogP contribution in [0.25, 0.3) is 11.1 Å². The zero-order valence-corrected chi connectivity index (χ0v) is 14.0. The Hall–Kier alpha value is -2.56. The van der Waals surface area contributed by atoms with E-state index in [1.165, 1.54) is 6.07 Å². The lowest BCUT2D eigenvalue weighted by Gasteiger charge is -2.24. The number of phenolic OH excluding ortho intramolecular Hbond substituents is 1. The number of amides is 1. The quantitative estimate of drug-likeness (QED) is 0.841. The Kier molecular flexibility index (Phi) is 3.95. The van der Waals surface area contributed by atoms with Gasteiger partial charge in [-0.3, -0.25) is 4.90 Å². The first kappa shape index (κ1) is 16.3. The molecule has 1 aliphatic rings. The zero-order valence-electron chi connectivity index (χ0n) is 14.0. The van der Waals surface area contributed by atoms with Crippen LogP contribution in [0.4, 0.5) is 9.18 Å². The highest BCUT2D eigenvalue weighted by molar-refractivity contribution is 5.73. The SMILES string of the molecule is CC(C)(C)OC(=O)N1Cc2ccc(-c3ccc(F)cc3O)cc2C1. The summed E-state index contributed by atoms with van der Waals surface area (Å²) in [6, 6.07) is 9.67. The Labute approximate surface area is 140 Å². The molecule has 0 bridgehead atoms. The van der Waals surface area contributed by atoms with Crippen LogP contribution in [0.3, 0.4) is 0 Å². The predicted molar refractivity (Wildman–Crippen MR) is 89.0 cm³/mol. The molecule has 2 aromatic rings. The van der Waals surface area contributed by atoms with Gasteiger partial charge >= 0.3 is 6.09 Å². The molecule has 0 spiro atoms. The van der Waals surface area contributed by atoms with Crippen molar-refractivity contribution in [3.8, 4) is 16.9 Å². The van der Waals surface area contributed by atoms with Gasteiger partial charge in [-0.15, -0.1) is 0 Å². The molecule has 0 unspecified atom stereocenters. The van der Waals surface area contributed by atoms with Crippen molar-refractivity contribution in [2.75, 3.05) is 0 Å². The van der Waals surface area contributed by atoms with Crippen molar-refractivity contribution in [3.63, 3.8) is 0 Å². The number of benzene rings is 2. The highest BCUT2D eigenvalue weighted by Crippen LogP contribution is 2.33. The summed E-state index contributed by atoms with van der Waals surface area (Å²) in [5.41, 5.74) is 2.87. The summed E-state index contributed by atoms with van der Waals surface area (Å²) >= 11 is 0. The van der Waals surface area contributed by atoms with Crippen molar-refractivity contribution in [1.82, 2.24) is 4.90 Å². The first-order valence-corrected chi connectivity index (χ1v) is 7.81. The minimum atomic E-state index is -0.531. The number of carbonyl (C=O) groups is 1. The first-order chi connectivity index (χ1) is 11.2. The maximum Gasteiger partial charge on any atom is 0.410 e. The van der Waals surface area contributed by atoms with Gasteiger partial charge < -0.3 is 9.84 Å². The summed E-state index contributed by atoms with van der Waals surface area (Å²) in [7, 11) is 0. The molecular formula is C19H20FNO3. The van der Waals surface area contributed by atoms with Gasteiger partial charge in [0.05, 0.1) is 0 Å². The fraction of sp³-hybridized carbons (Fsp3) is 0.316. The average Bonchev–Trinajstić information content (AvgIpc) is 2.88. The van der Waals surface area contributed by atoms with Crippen molar-refractivity contribution in [3.05, 3.63) is 53.3 Å². The third-order valence-corrected chi connectivity index (χ3v) is 3.85. The molecule has 1 N–H and O–H groups in total. The van der Waals surface area contributed by atoms with Crippen molar-refractivity contribution in [2.45, 2.75) is 39.5 Å². The van der Waals surface area contributed by atoms with Crippen LogP contribution in [0.15, 0.2) is 36.4 Å². The van der Waals surface area contributed by atoms with E-state index in [9.17, 15) is 14.3 Å². The van der Waals surface area contributed by atoms with Crippen LogP contribution in [-0.4, -0.2) is 21.7 Å². The number of rotatable bonds is 1. The topological polar surface area (TPSA) is 49.8 Å². The molecule has 0 saturated carbocycles. The summed E-state index contributed by atoms with van der Waals surface area (Å²) in [6.07, 6.45) is -0.343. The van der Waals surface area contributed by atoms with E-state index in [2.05, 4.69) is 0 Å². The molecule has 5 heteroatoms. The molecule has 1 amide bonds. The molecule has 0 aromatic heterocycles. The number of nitrogens with zero attached hydrogens (tertiary/aromatic N) is 1. The fourth-order valence-corrected chi connectivity index (χ4v) is 2.77. The van der Waals surface area contributed by atoms with Crippen LogP contribution in [0.2, 0.25) is 0 Å². The van der Waals surface area contributed by atoms with Crippen LogP contribution in [-0.2, 0) is 17.8 Å². The number of hydrogen-bond acceptors (Lipinski definition) is 3. The Morgan fingerprint density at radius 2 is 1.83 bits per heavy atom. The third kappa shape index (κ3) is 3.35. The minimum absolute atomic E-state index is 0.100. The molecule has 126 valence electrons. The van der Waals surface area contributed by atoms with E-state index in [0.717, 1.165) is 22.8 Å². The van der Waals surface area contributed by atoms with Crippen molar-refractivity contribution in [1.29, 1.82) is 0 Å². The monoisotopic (exact) mass is 329 g/mol. The van der Waals surface area contributed by atoms with E-state index < -0.39 is 11.4 Å². The molecule has 0 aliphatic carbocycles. The largest absolute Gasteiger partial charge is 0.507 e. The van der Waals surface area contributed by atoms with E-state index >= 15 is 0 Å². The van der Waals surface area contributed by atoms with Gasteiger partial charge in [0.15, 0.2) is 0 Å². The second kappa shape index (κ2) is 5.82. The Bertz CT molecular complexity index is 796.